The van der Waals surface area contributed by atoms with E-state index in [1.807, 2.05) is 6.07 Å². The zero-order valence-corrected chi connectivity index (χ0v) is 16.9. The Labute approximate surface area is 173 Å². The Morgan fingerprint density at radius 1 is 1.21 bits per heavy atom. The Morgan fingerprint density at radius 2 is 1.97 bits per heavy atom. The van der Waals surface area contributed by atoms with Gasteiger partial charge in [-0.05, 0) is 43.4 Å². The van der Waals surface area contributed by atoms with E-state index in [1.165, 1.54) is 29.5 Å². The molecule has 0 N–H and O–H groups in total. The minimum atomic E-state index is -4.62. The predicted octanol–water partition coefficient (Wildman–Crippen LogP) is 5.35. The van der Waals surface area contributed by atoms with Gasteiger partial charge in [-0.25, -0.2) is 4.98 Å². The third-order valence-electron chi connectivity index (χ3n) is 4.92. The van der Waals surface area contributed by atoms with Crippen LogP contribution in [0.3, 0.4) is 0 Å². The van der Waals surface area contributed by atoms with Gasteiger partial charge in [0.05, 0.1) is 28.5 Å². The largest absolute Gasteiger partial charge is 0.418 e. The van der Waals surface area contributed by atoms with Gasteiger partial charge in [0.1, 0.15) is 4.83 Å². The number of aromatic nitrogens is 2. The summed E-state index contributed by atoms with van der Waals surface area (Å²) in [6.07, 6.45) is 0.0159. The second kappa shape index (κ2) is 7.84. The van der Waals surface area contributed by atoms with Crippen LogP contribution in [-0.4, -0.2) is 15.3 Å². The Balaban J connectivity index is 2.05. The topological polar surface area (TPSA) is 58.7 Å². The van der Waals surface area contributed by atoms with Crippen LogP contribution in [0.1, 0.15) is 35.3 Å². The number of fused-ring (bicyclic) bond motifs is 3. The van der Waals surface area contributed by atoms with Gasteiger partial charge < -0.3 is 0 Å². The van der Waals surface area contributed by atoms with Crippen molar-refractivity contribution in [1.29, 1.82) is 5.26 Å². The Morgan fingerprint density at radius 3 is 2.72 bits per heavy atom. The smallest absolute Gasteiger partial charge is 0.268 e. The number of hydrogen-bond donors (Lipinski definition) is 0. The van der Waals surface area contributed by atoms with Gasteiger partial charge in [0.15, 0.2) is 5.16 Å². The summed E-state index contributed by atoms with van der Waals surface area (Å²) in [6, 6.07) is 6.95. The number of rotatable bonds is 3. The number of para-hydroxylation sites is 1. The standard InChI is InChI=1S/C20H16F3N3OS2/c21-20(22,23)13-7-4-5-8-14(13)26-18(27)16-12-6-2-1-3-9-15(12)29-17(16)25-19(26)28-11-10-24/h4-5,7-8H,1-3,6,9,11H2. The molecular formula is C20H16F3N3OS2. The van der Waals surface area contributed by atoms with E-state index >= 15 is 0 Å². The first kappa shape index (κ1) is 20.0. The van der Waals surface area contributed by atoms with E-state index in [-0.39, 0.29) is 16.6 Å². The van der Waals surface area contributed by atoms with Crippen LogP contribution in [0.5, 0.6) is 0 Å². The van der Waals surface area contributed by atoms with Gasteiger partial charge >= 0.3 is 6.18 Å². The second-order valence-corrected chi connectivity index (χ2v) is 8.77. The van der Waals surface area contributed by atoms with Gasteiger partial charge in [0, 0.05) is 4.88 Å². The summed E-state index contributed by atoms with van der Waals surface area (Å²) in [5.74, 6) is -0.0166. The molecule has 0 spiro atoms. The fraction of sp³-hybridized carbons (Fsp3) is 0.350. The van der Waals surface area contributed by atoms with Crippen molar-refractivity contribution in [2.45, 2.75) is 43.4 Å². The van der Waals surface area contributed by atoms with Crippen molar-refractivity contribution in [3.05, 3.63) is 50.6 Å². The molecule has 29 heavy (non-hydrogen) atoms. The van der Waals surface area contributed by atoms with Crippen molar-refractivity contribution < 1.29 is 13.2 Å². The number of nitrogens with zero attached hydrogens (tertiary/aromatic N) is 3. The molecule has 9 heteroatoms. The van der Waals surface area contributed by atoms with E-state index in [9.17, 15) is 18.0 Å². The average molecular weight is 435 g/mol. The molecule has 4 rings (SSSR count). The quantitative estimate of drug-likeness (QED) is 0.316. The average Bonchev–Trinajstić information content (AvgIpc) is 2.87. The molecule has 1 aliphatic rings. The molecule has 0 unspecified atom stereocenters. The van der Waals surface area contributed by atoms with Crippen LogP contribution in [0.2, 0.25) is 0 Å². The number of hydrogen-bond acceptors (Lipinski definition) is 5. The highest BCUT2D eigenvalue weighted by atomic mass is 32.2. The molecule has 3 aromatic rings. The second-order valence-electron chi connectivity index (χ2n) is 6.74. The molecule has 0 saturated carbocycles. The molecule has 1 aliphatic carbocycles. The van der Waals surface area contributed by atoms with Gasteiger partial charge in [-0.15, -0.1) is 11.3 Å². The van der Waals surface area contributed by atoms with Crippen molar-refractivity contribution in [2.24, 2.45) is 0 Å². The number of nitriles is 1. The van der Waals surface area contributed by atoms with E-state index in [4.69, 9.17) is 5.26 Å². The lowest BCUT2D eigenvalue weighted by Crippen LogP contribution is -2.24. The first-order valence-corrected chi connectivity index (χ1v) is 11.0. The first-order chi connectivity index (χ1) is 13.9. The highest BCUT2D eigenvalue weighted by Crippen LogP contribution is 2.37. The molecule has 2 aromatic heterocycles. The van der Waals surface area contributed by atoms with Crippen molar-refractivity contribution in [3.8, 4) is 11.8 Å². The van der Waals surface area contributed by atoms with Gasteiger partial charge in [-0.3, -0.25) is 9.36 Å². The molecule has 150 valence electrons. The maximum Gasteiger partial charge on any atom is 0.418 e. The highest BCUT2D eigenvalue weighted by Gasteiger charge is 2.35. The fourth-order valence-electron chi connectivity index (χ4n) is 3.68. The van der Waals surface area contributed by atoms with Crippen molar-refractivity contribution in [2.75, 3.05) is 5.75 Å². The molecule has 1 aromatic carbocycles. The predicted molar refractivity (Wildman–Crippen MR) is 108 cm³/mol. The molecular weight excluding hydrogens is 419 g/mol. The van der Waals surface area contributed by atoms with E-state index < -0.39 is 17.3 Å². The van der Waals surface area contributed by atoms with Crippen LogP contribution < -0.4 is 5.56 Å². The number of halogens is 3. The van der Waals surface area contributed by atoms with Crippen molar-refractivity contribution >= 4 is 33.3 Å². The number of alkyl halides is 3. The molecule has 0 bridgehead atoms. The van der Waals surface area contributed by atoms with E-state index in [2.05, 4.69) is 4.98 Å². The minimum absolute atomic E-state index is 0.0166. The number of thiophene rings is 1. The van der Waals surface area contributed by atoms with Crippen molar-refractivity contribution in [3.63, 3.8) is 0 Å². The molecule has 0 radical (unpaired) electrons. The normalized spacial score (nSPS) is 14.4. The number of benzene rings is 1. The maximum atomic E-state index is 13.6. The van der Waals surface area contributed by atoms with Crippen LogP contribution in [0.25, 0.3) is 15.9 Å². The summed E-state index contributed by atoms with van der Waals surface area (Å²) >= 11 is 2.42. The lowest BCUT2D eigenvalue weighted by molar-refractivity contribution is -0.137. The van der Waals surface area contributed by atoms with Gasteiger partial charge in [-0.2, -0.15) is 18.4 Å². The molecule has 0 saturated heterocycles. The Kier molecular flexibility index (Phi) is 5.40. The van der Waals surface area contributed by atoms with Crippen LogP contribution >= 0.6 is 23.1 Å². The zero-order chi connectivity index (χ0) is 20.6. The monoisotopic (exact) mass is 435 g/mol. The lowest BCUT2D eigenvalue weighted by atomic mass is 10.1. The van der Waals surface area contributed by atoms with Crippen LogP contribution in [0, 0.1) is 11.3 Å². The zero-order valence-electron chi connectivity index (χ0n) is 15.3. The highest BCUT2D eigenvalue weighted by molar-refractivity contribution is 7.99. The summed E-state index contributed by atoms with van der Waals surface area (Å²) in [4.78, 5) is 19.7. The first-order valence-electron chi connectivity index (χ1n) is 9.15. The summed E-state index contributed by atoms with van der Waals surface area (Å²) in [5, 5.41) is 9.49. The summed E-state index contributed by atoms with van der Waals surface area (Å²) < 4.78 is 41.9. The summed E-state index contributed by atoms with van der Waals surface area (Å²) in [6.45, 7) is 0. The Bertz CT molecular complexity index is 1170. The van der Waals surface area contributed by atoms with E-state index in [0.29, 0.717) is 10.2 Å². The lowest BCUT2D eigenvalue weighted by Gasteiger charge is -2.17. The van der Waals surface area contributed by atoms with Crippen LogP contribution in [0.15, 0.2) is 34.2 Å². The molecule has 0 atom stereocenters. The summed E-state index contributed by atoms with van der Waals surface area (Å²) in [7, 11) is 0. The minimum Gasteiger partial charge on any atom is -0.268 e. The molecule has 4 nitrogen and oxygen atoms in total. The van der Waals surface area contributed by atoms with Crippen LogP contribution in [-0.2, 0) is 19.0 Å². The van der Waals surface area contributed by atoms with Crippen molar-refractivity contribution in [1.82, 2.24) is 9.55 Å². The van der Waals surface area contributed by atoms with E-state index in [1.54, 1.807) is 0 Å². The maximum absolute atomic E-state index is 13.6. The Hall–Kier alpha value is -2.31. The molecule has 2 heterocycles. The van der Waals surface area contributed by atoms with Gasteiger partial charge in [0.2, 0.25) is 0 Å². The third-order valence-corrected chi connectivity index (χ3v) is 6.92. The molecule has 0 fully saturated rings. The third kappa shape index (κ3) is 3.67. The SMILES string of the molecule is N#CCSc1nc2sc3c(c2c(=O)n1-c1ccccc1C(F)(F)F)CCCCC3. The van der Waals surface area contributed by atoms with Gasteiger partial charge in [-0.1, -0.05) is 30.3 Å². The van der Waals surface area contributed by atoms with Gasteiger partial charge in [0.25, 0.3) is 5.56 Å². The fourth-order valence-corrected chi connectivity index (χ4v) is 5.65. The molecule has 0 amide bonds. The molecule has 0 aliphatic heterocycles. The van der Waals surface area contributed by atoms with Crippen LogP contribution in [0.4, 0.5) is 13.2 Å². The summed E-state index contributed by atoms with van der Waals surface area (Å²) in [5.41, 5.74) is -0.724. The van der Waals surface area contributed by atoms with E-state index in [0.717, 1.165) is 64.9 Å². The number of thioether (sulfide) groups is 1. The number of aryl methyl sites for hydroxylation is 2.